The molecule has 0 saturated carbocycles. The molecule has 0 unspecified atom stereocenters. The molecule has 1 heterocycles. The molecule has 2 rings (SSSR count). The van der Waals surface area contributed by atoms with Gasteiger partial charge in [0.2, 0.25) is 0 Å². The first-order valence-corrected chi connectivity index (χ1v) is 7.97. The number of benzene rings is 1. The van der Waals surface area contributed by atoms with Gasteiger partial charge in [0.1, 0.15) is 18.0 Å². The number of carbonyl (C=O) groups excluding carboxylic acids is 1. The fraction of sp³-hybridized carbons (Fsp3) is 0.312. The van der Waals surface area contributed by atoms with Crippen LogP contribution < -0.4 is 20.1 Å². The number of amides is 1. The minimum Gasteiger partial charge on any atom is -0.497 e. The van der Waals surface area contributed by atoms with Crippen LogP contribution in [0, 0.1) is 0 Å². The monoisotopic (exact) mass is 321 g/mol. The van der Waals surface area contributed by atoms with Gasteiger partial charge in [-0.1, -0.05) is 6.07 Å². The Hall–Kier alpha value is -2.05. The van der Waals surface area contributed by atoms with E-state index < -0.39 is 0 Å². The Balaban J connectivity index is 1.75. The zero-order valence-electron chi connectivity index (χ0n) is 12.8. The second kappa shape index (κ2) is 8.41. The predicted molar refractivity (Wildman–Crippen MR) is 86.7 cm³/mol. The quantitative estimate of drug-likeness (QED) is 0.720. The molecule has 0 aliphatic carbocycles. The number of nitrogens with two attached hydrogens (primary N) is 1. The summed E-state index contributed by atoms with van der Waals surface area (Å²) >= 11 is 1.45. The number of hydrogen-bond acceptors (Lipinski definition) is 4. The third-order valence-electron chi connectivity index (χ3n) is 3.23. The molecule has 0 atom stereocenters. The molecule has 3 N–H and O–H groups in total. The molecule has 0 radical (unpaired) electrons. The van der Waals surface area contributed by atoms with Crippen molar-refractivity contribution in [1.82, 2.24) is 5.32 Å². The second-order valence-corrected chi connectivity index (χ2v) is 5.64. The van der Waals surface area contributed by atoms with E-state index in [0.717, 1.165) is 35.0 Å². The molecule has 1 aromatic carbocycles. The average Bonchev–Trinajstić information content (AvgIpc) is 3.08. The highest BCUT2D eigenvalue weighted by molar-refractivity contribution is 7.12. The van der Waals surface area contributed by atoms with Crippen molar-refractivity contribution >= 4 is 17.2 Å². The van der Waals surface area contributed by atoms with Crippen LogP contribution in [0.4, 0.5) is 0 Å². The second-order valence-electron chi connectivity index (χ2n) is 4.69. The molecule has 0 aliphatic heterocycles. The summed E-state index contributed by atoms with van der Waals surface area (Å²) in [6.07, 6.45) is 0. The summed E-state index contributed by atoms with van der Waals surface area (Å²) in [6, 6.07) is 9.45. The van der Waals surface area contributed by atoms with E-state index in [1.54, 1.807) is 14.2 Å². The van der Waals surface area contributed by atoms with Crippen molar-refractivity contribution in [3.05, 3.63) is 46.2 Å². The zero-order valence-corrected chi connectivity index (χ0v) is 13.6. The summed E-state index contributed by atoms with van der Waals surface area (Å²) in [5.41, 5.74) is 1.08. The summed E-state index contributed by atoms with van der Waals surface area (Å²) in [6.45, 7) is 2.20. The lowest BCUT2D eigenvalue weighted by Crippen LogP contribution is -2.84. The van der Waals surface area contributed by atoms with Crippen LogP contribution in [0.25, 0.3) is 0 Å². The van der Waals surface area contributed by atoms with Crippen LogP contribution in [0.15, 0.2) is 35.7 Å². The van der Waals surface area contributed by atoms with E-state index in [1.165, 1.54) is 11.3 Å². The summed E-state index contributed by atoms with van der Waals surface area (Å²) in [5.74, 6) is 1.65. The van der Waals surface area contributed by atoms with Crippen LogP contribution in [0.2, 0.25) is 0 Å². The van der Waals surface area contributed by atoms with Gasteiger partial charge in [-0.2, -0.15) is 0 Å². The highest BCUT2D eigenvalue weighted by Gasteiger charge is 2.08. The van der Waals surface area contributed by atoms with Gasteiger partial charge >= 0.3 is 0 Å². The first-order chi connectivity index (χ1) is 10.7. The Kier molecular flexibility index (Phi) is 6.24. The molecule has 0 saturated heterocycles. The predicted octanol–water partition coefficient (Wildman–Crippen LogP) is 1.26. The highest BCUT2D eigenvalue weighted by atomic mass is 32.1. The molecule has 0 bridgehead atoms. The molecule has 2 aromatic rings. The molecule has 0 aliphatic rings. The fourth-order valence-electron chi connectivity index (χ4n) is 2.08. The number of ether oxygens (including phenoxy) is 2. The van der Waals surface area contributed by atoms with Crippen LogP contribution in [-0.4, -0.2) is 33.2 Å². The van der Waals surface area contributed by atoms with Gasteiger partial charge in [-0.3, -0.25) is 4.79 Å². The van der Waals surface area contributed by atoms with E-state index in [0.29, 0.717) is 6.54 Å². The van der Waals surface area contributed by atoms with Gasteiger partial charge in [0, 0.05) is 0 Å². The first kappa shape index (κ1) is 16.3. The summed E-state index contributed by atoms with van der Waals surface area (Å²) in [7, 11) is 3.31. The third kappa shape index (κ3) is 4.47. The maximum Gasteiger partial charge on any atom is 0.261 e. The standard InChI is InChI=1S/C16H20N2O3S/c1-20-13-5-6-14(21-2)12(10-13)11-17-7-8-18-16(19)15-4-3-9-22-15/h3-6,9-10,17H,7-8,11H2,1-2H3,(H,18,19)/p+1. The number of nitrogens with one attached hydrogen (secondary N) is 1. The van der Waals surface area contributed by atoms with Crippen molar-refractivity contribution in [3.63, 3.8) is 0 Å². The lowest BCUT2D eigenvalue weighted by molar-refractivity contribution is -0.668. The molecule has 22 heavy (non-hydrogen) atoms. The SMILES string of the molecule is COc1ccc(OC)c(C[NH2+]CCNC(=O)c2cccs2)c1. The maximum atomic E-state index is 11.8. The van der Waals surface area contributed by atoms with E-state index in [9.17, 15) is 4.79 Å². The summed E-state index contributed by atoms with van der Waals surface area (Å²) in [5, 5.41) is 6.94. The van der Waals surface area contributed by atoms with Crippen molar-refractivity contribution in [1.29, 1.82) is 0 Å². The van der Waals surface area contributed by atoms with Gasteiger partial charge in [0.25, 0.3) is 5.91 Å². The topological polar surface area (TPSA) is 64.2 Å². The molecule has 1 aromatic heterocycles. The van der Waals surface area contributed by atoms with E-state index >= 15 is 0 Å². The Labute approximate surface area is 134 Å². The van der Waals surface area contributed by atoms with Crippen LogP contribution >= 0.6 is 11.3 Å². The molecule has 1 amide bonds. The molecule has 6 heteroatoms. The maximum absolute atomic E-state index is 11.8. The van der Waals surface area contributed by atoms with Crippen molar-refractivity contribution in [2.75, 3.05) is 27.3 Å². The van der Waals surface area contributed by atoms with E-state index in [4.69, 9.17) is 9.47 Å². The normalized spacial score (nSPS) is 10.3. The van der Waals surface area contributed by atoms with E-state index in [-0.39, 0.29) is 5.91 Å². The van der Waals surface area contributed by atoms with Crippen molar-refractivity contribution in [2.45, 2.75) is 6.54 Å². The van der Waals surface area contributed by atoms with E-state index in [2.05, 4.69) is 10.6 Å². The van der Waals surface area contributed by atoms with Crippen LogP contribution in [0.5, 0.6) is 11.5 Å². The minimum absolute atomic E-state index is 0.0117. The molecule has 118 valence electrons. The smallest absolute Gasteiger partial charge is 0.261 e. The molecule has 0 spiro atoms. The Morgan fingerprint density at radius 3 is 2.82 bits per heavy atom. The molecular weight excluding hydrogens is 300 g/mol. The minimum atomic E-state index is -0.0117. The lowest BCUT2D eigenvalue weighted by Gasteiger charge is -2.10. The Morgan fingerprint density at radius 2 is 2.14 bits per heavy atom. The van der Waals surface area contributed by atoms with Crippen molar-refractivity contribution in [3.8, 4) is 11.5 Å². The van der Waals surface area contributed by atoms with Crippen LogP contribution in [0.1, 0.15) is 15.2 Å². The number of quaternary nitrogens is 1. The number of hydrogen-bond donors (Lipinski definition) is 2. The van der Waals surface area contributed by atoms with E-state index in [1.807, 2.05) is 35.7 Å². The van der Waals surface area contributed by atoms with Crippen LogP contribution in [0.3, 0.4) is 0 Å². The largest absolute Gasteiger partial charge is 0.497 e. The summed E-state index contributed by atoms with van der Waals surface area (Å²) < 4.78 is 10.6. The number of thiophene rings is 1. The molecule has 5 nitrogen and oxygen atoms in total. The molecule has 0 fully saturated rings. The first-order valence-electron chi connectivity index (χ1n) is 7.09. The number of methoxy groups -OCH3 is 2. The Morgan fingerprint density at radius 1 is 1.27 bits per heavy atom. The Bertz CT molecular complexity index is 599. The highest BCUT2D eigenvalue weighted by Crippen LogP contribution is 2.22. The summed E-state index contributed by atoms with van der Waals surface area (Å²) in [4.78, 5) is 12.5. The van der Waals surface area contributed by atoms with Crippen molar-refractivity contribution < 1.29 is 19.6 Å². The van der Waals surface area contributed by atoms with Crippen LogP contribution in [-0.2, 0) is 6.54 Å². The van der Waals surface area contributed by atoms with Gasteiger partial charge < -0.3 is 20.1 Å². The number of rotatable bonds is 8. The number of carbonyl (C=O) groups is 1. The molecular formula is C16H21N2O3S+. The third-order valence-corrected chi connectivity index (χ3v) is 4.10. The van der Waals surface area contributed by atoms with Crippen molar-refractivity contribution in [2.24, 2.45) is 0 Å². The fourth-order valence-corrected chi connectivity index (χ4v) is 2.72. The lowest BCUT2D eigenvalue weighted by atomic mass is 10.2. The van der Waals surface area contributed by atoms with Gasteiger partial charge in [0.15, 0.2) is 0 Å². The van der Waals surface area contributed by atoms with Gasteiger partial charge in [-0.25, -0.2) is 0 Å². The average molecular weight is 321 g/mol. The van der Waals surface area contributed by atoms with Gasteiger partial charge in [0.05, 0.1) is 37.7 Å². The van der Waals surface area contributed by atoms with Gasteiger partial charge in [-0.15, -0.1) is 11.3 Å². The van der Waals surface area contributed by atoms with Gasteiger partial charge in [-0.05, 0) is 29.6 Å². The zero-order chi connectivity index (χ0) is 15.8.